The summed E-state index contributed by atoms with van der Waals surface area (Å²) in [5.41, 5.74) is 0.697. The van der Waals surface area contributed by atoms with Crippen LogP contribution < -0.4 is 10.6 Å². The van der Waals surface area contributed by atoms with Crippen LogP contribution in [0, 0.1) is 0 Å². The van der Waals surface area contributed by atoms with Crippen LogP contribution in [0.4, 0.5) is 5.82 Å². The second-order valence-corrected chi connectivity index (χ2v) is 6.72. The number of rotatable bonds is 4. The van der Waals surface area contributed by atoms with Crippen molar-refractivity contribution in [1.29, 1.82) is 0 Å². The Bertz CT molecular complexity index is 518. The Balaban J connectivity index is 1.59. The number of amides is 1. The van der Waals surface area contributed by atoms with Gasteiger partial charge in [0, 0.05) is 25.4 Å². The van der Waals surface area contributed by atoms with E-state index in [1.807, 2.05) is 19.1 Å². The highest BCUT2D eigenvalue weighted by Gasteiger charge is 2.38. The van der Waals surface area contributed by atoms with Gasteiger partial charge in [-0.1, -0.05) is 19.3 Å². The molecule has 1 unspecified atom stereocenters. The maximum atomic E-state index is 11.8. The van der Waals surface area contributed by atoms with Crippen LogP contribution in [0.25, 0.3) is 0 Å². The zero-order valence-electron chi connectivity index (χ0n) is 13.9. The fourth-order valence-electron chi connectivity index (χ4n) is 3.78. The number of hydrogen-bond acceptors (Lipinski definition) is 4. The standard InChI is InChI=1S/C18H27N3O2/c1-2-19-17(22)14-6-7-16(20-13-14)21-15-8-11-23-18(12-15)9-4-3-5-10-18/h6-7,13,15H,2-5,8-12H2,1H3,(H,19,22)(H,20,21). The minimum absolute atomic E-state index is 0.0706. The third-order valence-electron chi connectivity index (χ3n) is 4.97. The molecule has 126 valence electrons. The first-order chi connectivity index (χ1) is 11.2. The molecule has 2 N–H and O–H groups in total. The molecule has 1 spiro atoms. The van der Waals surface area contributed by atoms with E-state index in [1.54, 1.807) is 6.20 Å². The molecule has 2 aliphatic rings. The van der Waals surface area contributed by atoms with Crippen LogP contribution in [0.1, 0.15) is 62.2 Å². The van der Waals surface area contributed by atoms with Crippen LogP contribution in [0.5, 0.6) is 0 Å². The molecule has 1 aliphatic heterocycles. The van der Waals surface area contributed by atoms with E-state index in [0.29, 0.717) is 18.2 Å². The molecule has 1 saturated heterocycles. The van der Waals surface area contributed by atoms with Crippen molar-refractivity contribution in [2.45, 2.75) is 63.5 Å². The van der Waals surface area contributed by atoms with Crippen molar-refractivity contribution in [2.24, 2.45) is 0 Å². The second-order valence-electron chi connectivity index (χ2n) is 6.72. The number of nitrogens with one attached hydrogen (secondary N) is 2. The molecule has 0 bridgehead atoms. The van der Waals surface area contributed by atoms with Crippen molar-refractivity contribution in [3.8, 4) is 0 Å². The van der Waals surface area contributed by atoms with Gasteiger partial charge in [-0.2, -0.15) is 0 Å². The van der Waals surface area contributed by atoms with E-state index in [2.05, 4.69) is 15.6 Å². The maximum absolute atomic E-state index is 11.8. The summed E-state index contributed by atoms with van der Waals surface area (Å²) in [5, 5.41) is 6.31. The topological polar surface area (TPSA) is 63.2 Å². The first-order valence-electron chi connectivity index (χ1n) is 8.85. The Morgan fingerprint density at radius 3 is 2.87 bits per heavy atom. The SMILES string of the molecule is CCNC(=O)c1ccc(NC2CCOC3(CCCCC3)C2)nc1. The summed E-state index contributed by atoms with van der Waals surface area (Å²) < 4.78 is 6.14. The second kappa shape index (κ2) is 7.30. The number of carbonyl (C=O) groups excluding carboxylic acids is 1. The van der Waals surface area contributed by atoms with Crippen LogP contribution in [-0.2, 0) is 4.74 Å². The number of carbonyl (C=O) groups is 1. The average Bonchev–Trinajstić information content (AvgIpc) is 2.56. The third-order valence-corrected chi connectivity index (χ3v) is 4.97. The largest absolute Gasteiger partial charge is 0.375 e. The monoisotopic (exact) mass is 317 g/mol. The van der Waals surface area contributed by atoms with Gasteiger partial charge in [0.15, 0.2) is 0 Å². The van der Waals surface area contributed by atoms with Gasteiger partial charge in [-0.05, 0) is 44.7 Å². The molecule has 1 aromatic heterocycles. The van der Waals surface area contributed by atoms with E-state index in [9.17, 15) is 4.79 Å². The lowest BCUT2D eigenvalue weighted by Gasteiger charge is -2.43. The smallest absolute Gasteiger partial charge is 0.252 e. The highest BCUT2D eigenvalue weighted by molar-refractivity contribution is 5.93. The Morgan fingerprint density at radius 2 is 2.17 bits per heavy atom. The van der Waals surface area contributed by atoms with Gasteiger partial charge >= 0.3 is 0 Å². The molecule has 5 heteroatoms. The molecule has 3 rings (SSSR count). The van der Waals surface area contributed by atoms with Crippen LogP contribution in [0.15, 0.2) is 18.3 Å². The molecule has 1 aliphatic carbocycles. The molecule has 2 fully saturated rings. The van der Waals surface area contributed by atoms with Crippen molar-refractivity contribution >= 4 is 11.7 Å². The zero-order valence-corrected chi connectivity index (χ0v) is 13.9. The highest BCUT2D eigenvalue weighted by atomic mass is 16.5. The summed E-state index contributed by atoms with van der Waals surface area (Å²) >= 11 is 0. The molecule has 1 atom stereocenters. The zero-order chi connectivity index (χ0) is 16.1. The lowest BCUT2D eigenvalue weighted by molar-refractivity contribution is -0.103. The molecule has 2 heterocycles. The van der Waals surface area contributed by atoms with Gasteiger partial charge in [0.1, 0.15) is 5.82 Å². The highest BCUT2D eigenvalue weighted by Crippen LogP contribution is 2.39. The van der Waals surface area contributed by atoms with Gasteiger partial charge in [-0.3, -0.25) is 4.79 Å². The van der Waals surface area contributed by atoms with Gasteiger partial charge < -0.3 is 15.4 Å². The van der Waals surface area contributed by atoms with Crippen molar-refractivity contribution < 1.29 is 9.53 Å². The van der Waals surface area contributed by atoms with E-state index in [4.69, 9.17) is 4.74 Å². The fourth-order valence-corrected chi connectivity index (χ4v) is 3.78. The fraction of sp³-hybridized carbons (Fsp3) is 0.667. The Kier molecular flexibility index (Phi) is 5.16. The summed E-state index contributed by atoms with van der Waals surface area (Å²) in [6.45, 7) is 3.37. The molecule has 5 nitrogen and oxygen atoms in total. The number of anilines is 1. The maximum Gasteiger partial charge on any atom is 0.252 e. The molecule has 1 saturated carbocycles. The molecular formula is C18H27N3O2. The first-order valence-corrected chi connectivity index (χ1v) is 8.85. The molecule has 0 radical (unpaired) electrons. The van der Waals surface area contributed by atoms with Crippen LogP contribution in [0.3, 0.4) is 0 Å². The van der Waals surface area contributed by atoms with Gasteiger partial charge in [0.05, 0.1) is 11.2 Å². The Labute approximate surface area is 138 Å². The molecule has 0 aromatic carbocycles. The average molecular weight is 317 g/mol. The van der Waals surface area contributed by atoms with Crippen molar-refractivity contribution in [3.63, 3.8) is 0 Å². The van der Waals surface area contributed by atoms with E-state index < -0.39 is 0 Å². The minimum Gasteiger partial charge on any atom is -0.375 e. The first kappa shape index (κ1) is 16.2. The number of aromatic nitrogens is 1. The summed E-state index contributed by atoms with van der Waals surface area (Å²) in [7, 11) is 0. The number of ether oxygens (including phenoxy) is 1. The van der Waals surface area contributed by atoms with E-state index in [1.165, 1.54) is 32.1 Å². The van der Waals surface area contributed by atoms with Gasteiger partial charge in [-0.15, -0.1) is 0 Å². The normalized spacial score (nSPS) is 23.4. The number of hydrogen-bond donors (Lipinski definition) is 2. The Morgan fingerprint density at radius 1 is 1.35 bits per heavy atom. The minimum atomic E-state index is -0.0706. The van der Waals surface area contributed by atoms with Crippen molar-refractivity contribution in [3.05, 3.63) is 23.9 Å². The van der Waals surface area contributed by atoms with Gasteiger partial charge in [0.2, 0.25) is 0 Å². The summed E-state index contributed by atoms with van der Waals surface area (Å²) in [6, 6.07) is 4.13. The predicted octanol–water partition coefficient (Wildman–Crippen LogP) is 3.13. The molecule has 23 heavy (non-hydrogen) atoms. The third kappa shape index (κ3) is 4.02. The lowest BCUT2D eigenvalue weighted by Crippen LogP contribution is -2.45. The Hall–Kier alpha value is -1.62. The van der Waals surface area contributed by atoms with E-state index in [0.717, 1.165) is 25.3 Å². The summed E-state index contributed by atoms with van der Waals surface area (Å²) in [5.74, 6) is 0.773. The van der Waals surface area contributed by atoms with Gasteiger partial charge in [-0.25, -0.2) is 4.98 Å². The van der Waals surface area contributed by atoms with Crippen molar-refractivity contribution in [1.82, 2.24) is 10.3 Å². The molecular weight excluding hydrogens is 290 g/mol. The quantitative estimate of drug-likeness (QED) is 0.895. The van der Waals surface area contributed by atoms with Crippen LogP contribution in [0.2, 0.25) is 0 Å². The van der Waals surface area contributed by atoms with E-state index in [-0.39, 0.29) is 11.5 Å². The summed E-state index contributed by atoms with van der Waals surface area (Å²) in [4.78, 5) is 16.2. The van der Waals surface area contributed by atoms with E-state index >= 15 is 0 Å². The van der Waals surface area contributed by atoms with Crippen molar-refractivity contribution in [2.75, 3.05) is 18.5 Å². The van der Waals surface area contributed by atoms with Gasteiger partial charge in [0.25, 0.3) is 5.91 Å². The lowest BCUT2D eigenvalue weighted by atomic mass is 9.78. The van der Waals surface area contributed by atoms with Crippen LogP contribution >= 0.6 is 0 Å². The molecule has 1 amide bonds. The summed E-state index contributed by atoms with van der Waals surface area (Å²) in [6.07, 6.45) is 10.0. The molecule has 1 aromatic rings. The number of pyridine rings is 1. The predicted molar refractivity (Wildman–Crippen MR) is 90.7 cm³/mol. The van der Waals surface area contributed by atoms with Crippen LogP contribution in [-0.4, -0.2) is 35.7 Å². The number of nitrogens with zero attached hydrogens (tertiary/aromatic N) is 1.